The summed E-state index contributed by atoms with van der Waals surface area (Å²) >= 11 is 0. The van der Waals surface area contributed by atoms with E-state index in [9.17, 15) is 4.57 Å². The second-order valence-electron chi connectivity index (χ2n) is 2.30. The van der Waals surface area contributed by atoms with E-state index in [1.54, 1.807) is 0 Å². The summed E-state index contributed by atoms with van der Waals surface area (Å²) in [4.78, 5) is 0. The Kier molecular flexibility index (Phi) is 4.08. The van der Waals surface area contributed by atoms with Crippen LogP contribution < -0.4 is 0 Å². The molecule has 0 N–H and O–H groups in total. The predicted molar refractivity (Wildman–Crippen MR) is 43.0 cm³/mol. The van der Waals surface area contributed by atoms with Gasteiger partial charge >= 0.3 is 0 Å². The van der Waals surface area contributed by atoms with Crippen LogP contribution in [0.5, 0.6) is 0 Å². The molecule has 0 bridgehead atoms. The first kappa shape index (κ1) is 9.20. The number of hydrogen-bond donors (Lipinski definition) is 0. The van der Waals surface area contributed by atoms with Gasteiger partial charge in [-0.05, 0) is 6.92 Å². The zero-order valence-corrected chi connectivity index (χ0v) is 7.71. The molecule has 1 saturated heterocycles. The molecule has 0 radical (unpaired) electrons. The van der Waals surface area contributed by atoms with Gasteiger partial charge in [0.05, 0.1) is 19.8 Å². The van der Waals surface area contributed by atoms with Gasteiger partial charge in [0.15, 0.2) is 0 Å². The zero-order valence-electron chi connectivity index (χ0n) is 6.71. The van der Waals surface area contributed by atoms with Crippen LogP contribution in [0.15, 0.2) is 0 Å². The van der Waals surface area contributed by atoms with Gasteiger partial charge in [0, 0.05) is 13.1 Å². The van der Waals surface area contributed by atoms with Crippen LogP contribution in [0.25, 0.3) is 0 Å². The van der Waals surface area contributed by atoms with Gasteiger partial charge in [0.2, 0.25) is 0 Å². The normalized spacial score (nSPS) is 23.4. The molecule has 1 fully saturated rings. The lowest BCUT2D eigenvalue weighted by Crippen LogP contribution is -2.31. The molecule has 1 rings (SSSR count). The van der Waals surface area contributed by atoms with Crippen molar-refractivity contribution in [3.63, 3.8) is 0 Å². The summed E-state index contributed by atoms with van der Waals surface area (Å²) in [6.45, 7) is 5.18. The van der Waals surface area contributed by atoms with Gasteiger partial charge in [-0.3, -0.25) is 4.57 Å². The lowest BCUT2D eigenvalue weighted by Gasteiger charge is -2.25. The van der Waals surface area contributed by atoms with E-state index in [4.69, 9.17) is 9.26 Å². The Morgan fingerprint density at radius 3 is 2.73 bits per heavy atom. The van der Waals surface area contributed by atoms with Gasteiger partial charge in [-0.1, -0.05) is 0 Å². The van der Waals surface area contributed by atoms with Crippen LogP contribution in [0, 0.1) is 0 Å². The van der Waals surface area contributed by atoms with Gasteiger partial charge in [0.25, 0.3) is 8.18 Å². The minimum absolute atomic E-state index is 0.523. The minimum Gasteiger partial charge on any atom is -0.379 e. The molecule has 1 heterocycles. The highest BCUT2D eigenvalue weighted by atomic mass is 31.1. The maximum absolute atomic E-state index is 11.2. The van der Waals surface area contributed by atoms with E-state index in [2.05, 4.69) is 0 Å². The van der Waals surface area contributed by atoms with Gasteiger partial charge in [0.1, 0.15) is 0 Å². The Labute approximate surface area is 67.4 Å². The molecule has 4 nitrogen and oxygen atoms in total. The van der Waals surface area contributed by atoms with E-state index < -0.39 is 8.18 Å². The van der Waals surface area contributed by atoms with Gasteiger partial charge < -0.3 is 9.26 Å². The van der Waals surface area contributed by atoms with Crippen molar-refractivity contribution >= 4 is 8.18 Å². The summed E-state index contributed by atoms with van der Waals surface area (Å²) in [5, 5.41) is 0. The van der Waals surface area contributed by atoms with Crippen molar-refractivity contribution in [2.24, 2.45) is 0 Å². The first-order valence-electron chi connectivity index (χ1n) is 3.84. The largest absolute Gasteiger partial charge is 0.379 e. The Bertz CT molecular complexity index is 136. The molecule has 0 saturated carbocycles. The number of nitrogens with zero attached hydrogens (tertiary/aromatic N) is 1. The third-order valence-electron chi connectivity index (χ3n) is 1.54. The van der Waals surface area contributed by atoms with E-state index in [-0.39, 0.29) is 0 Å². The van der Waals surface area contributed by atoms with Crippen molar-refractivity contribution in [3.8, 4) is 0 Å². The molecule has 0 amide bonds. The monoisotopic (exact) mass is 179 g/mol. The van der Waals surface area contributed by atoms with E-state index in [1.165, 1.54) is 0 Å². The third-order valence-corrected chi connectivity index (χ3v) is 3.04. The third kappa shape index (κ3) is 2.91. The van der Waals surface area contributed by atoms with Gasteiger partial charge in [-0.15, -0.1) is 0 Å². The fourth-order valence-corrected chi connectivity index (χ4v) is 1.94. The summed E-state index contributed by atoms with van der Waals surface area (Å²) < 4.78 is 23.2. The van der Waals surface area contributed by atoms with Crippen LogP contribution in [0.4, 0.5) is 0 Å². The van der Waals surface area contributed by atoms with Crippen LogP contribution in [0.1, 0.15) is 6.92 Å². The Balaban J connectivity index is 2.27. The average Bonchev–Trinajstić information content (AvgIpc) is 2.07. The van der Waals surface area contributed by atoms with E-state index in [0.717, 1.165) is 13.1 Å². The molecule has 1 unspecified atom stereocenters. The SMILES string of the molecule is CCO[PH](=O)N1CCOCC1. The van der Waals surface area contributed by atoms with E-state index in [0.29, 0.717) is 19.8 Å². The molecule has 66 valence electrons. The van der Waals surface area contributed by atoms with Crippen LogP contribution in [0.2, 0.25) is 0 Å². The van der Waals surface area contributed by atoms with Crippen molar-refractivity contribution in [1.82, 2.24) is 4.67 Å². The van der Waals surface area contributed by atoms with Crippen LogP contribution >= 0.6 is 8.18 Å². The van der Waals surface area contributed by atoms with Crippen molar-refractivity contribution in [2.45, 2.75) is 6.92 Å². The quantitative estimate of drug-likeness (QED) is 0.599. The highest BCUT2D eigenvalue weighted by Crippen LogP contribution is 2.28. The summed E-state index contributed by atoms with van der Waals surface area (Å²) in [7, 11) is -1.94. The lowest BCUT2D eigenvalue weighted by atomic mass is 10.5. The predicted octanol–water partition coefficient (Wildman–Crippen LogP) is 0.745. The molecule has 11 heavy (non-hydrogen) atoms. The first-order valence-corrected chi connectivity index (χ1v) is 5.10. The fraction of sp³-hybridized carbons (Fsp3) is 1.00. The minimum atomic E-state index is -1.94. The topological polar surface area (TPSA) is 38.8 Å². The van der Waals surface area contributed by atoms with Crippen LogP contribution in [-0.2, 0) is 13.8 Å². The highest BCUT2D eigenvalue weighted by molar-refractivity contribution is 7.36. The highest BCUT2D eigenvalue weighted by Gasteiger charge is 2.15. The summed E-state index contributed by atoms with van der Waals surface area (Å²) in [5.41, 5.74) is 0. The molecule has 5 heteroatoms. The fourth-order valence-electron chi connectivity index (χ4n) is 0.961. The van der Waals surface area contributed by atoms with Gasteiger partial charge in [-0.2, -0.15) is 0 Å². The molecule has 0 spiro atoms. The molecule has 1 aliphatic rings. The van der Waals surface area contributed by atoms with E-state index >= 15 is 0 Å². The number of rotatable bonds is 3. The van der Waals surface area contributed by atoms with Crippen molar-refractivity contribution in [1.29, 1.82) is 0 Å². The summed E-state index contributed by atoms with van der Waals surface area (Å²) in [6.07, 6.45) is 0. The first-order chi connectivity index (χ1) is 5.34. The zero-order chi connectivity index (χ0) is 8.10. The molecular weight excluding hydrogens is 165 g/mol. The van der Waals surface area contributed by atoms with Crippen LogP contribution in [0.3, 0.4) is 0 Å². The van der Waals surface area contributed by atoms with Gasteiger partial charge in [-0.25, -0.2) is 4.67 Å². The van der Waals surface area contributed by atoms with Crippen molar-refractivity contribution in [2.75, 3.05) is 32.9 Å². The molecule has 0 aliphatic carbocycles. The molecule has 0 aromatic heterocycles. The van der Waals surface area contributed by atoms with Crippen LogP contribution in [-0.4, -0.2) is 37.6 Å². The second kappa shape index (κ2) is 4.88. The molecule has 0 aromatic carbocycles. The standard InChI is InChI=1S/C6H14NO3P/c1-2-10-11(8)7-3-5-9-6-4-7/h11H,2-6H2,1H3. The van der Waals surface area contributed by atoms with E-state index in [1.807, 2.05) is 11.6 Å². The smallest absolute Gasteiger partial charge is 0.260 e. The molecular formula is C6H14NO3P. The summed E-state index contributed by atoms with van der Waals surface area (Å²) in [6, 6.07) is 0. The van der Waals surface area contributed by atoms with Crippen molar-refractivity contribution in [3.05, 3.63) is 0 Å². The molecule has 1 aliphatic heterocycles. The Morgan fingerprint density at radius 1 is 1.55 bits per heavy atom. The second-order valence-corrected chi connectivity index (χ2v) is 3.75. The number of morpholine rings is 1. The number of hydrogen-bond acceptors (Lipinski definition) is 3. The maximum Gasteiger partial charge on any atom is 0.260 e. The van der Waals surface area contributed by atoms with Crippen molar-refractivity contribution < 1.29 is 13.8 Å². The number of ether oxygens (including phenoxy) is 1. The average molecular weight is 179 g/mol. The Morgan fingerprint density at radius 2 is 2.18 bits per heavy atom. The molecule has 1 atom stereocenters. The Hall–Kier alpha value is 0.110. The lowest BCUT2D eigenvalue weighted by molar-refractivity contribution is 0.0679. The summed E-state index contributed by atoms with van der Waals surface area (Å²) in [5.74, 6) is 0. The molecule has 0 aromatic rings. The maximum atomic E-state index is 11.2.